The molecule has 2 heterocycles. The van der Waals surface area contributed by atoms with Crippen LogP contribution in [-0.4, -0.2) is 31.9 Å². The Labute approximate surface area is 178 Å². The fourth-order valence-electron chi connectivity index (χ4n) is 3.31. The van der Waals surface area contributed by atoms with Crippen molar-refractivity contribution < 1.29 is 19.4 Å². The Morgan fingerprint density at radius 2 is 2.00 bits per heavy atom. The second-order valence-corrected chi connectivity index (χ2v) is 7.03. The van der Waals surface area contributed by atoms with Crippen molar-refractivity contribution in [1.82, 2.24) is 9.55 Å². The van der Waals surface area contributed by atoms with Gasteiger partial charge in [0, 0.05) is 17.4 Å². The first-order chi connectivity index (χ1) is 14.8. The highest BCUT2D eigenvalue weighted by molar-refractivity contribution is 6.31. The van der Waals surface area contributed by atoms with E-state index >= 15 is 0 Å². The summed E-state index contributed by atoms with van der Waals surface area (Å²) in [5.41, 5.74) is 0.382. The minimum Gasteiger partial charge on any atom is -0.493 e. The average Bonchev–Trinajstić information content (AvgIpc) is 3.28. The van der Waals surface area contributed by atoms with Crippen molar-refractivity contribution in [2.45, 2.75) is 6.04 Å². The van der Waals surface area contributed by atoms with Crippen LogP contribution in [0.4, 0.5) is 10.1 Å². The summed E-state index contributed by atoms with van der Waals surface area (Å²) in [4.78, 5) is 30.8. The Hall–Kier alpha value is -4.16. The van der Waals surface area contributed by atoms with Crippen LogP contribution in [0, 0.1) is 17.1 Å². The van der Waals surface area contributed by atoms with Gasteiger partial charge in [0.05, 0.1) is 16.7 Å². The molecule has 2 aromatic carbocycles. The second kappa shape index (κ2) is 7.59. The zero-order chi connectivity index (χ0) is 22.3. The lowest BCUT2D eigenvalue weighted by atomic mass is 10.0. The summed E-state index contributed by atoms with van der Waals surface area (Å²) in [6.45, 7) is 0. The van der Waals surface area contributed by atoms with Crippen LogP contribution in [0.2, 0.25) is 5.02 Å². The molecular formula is C21H12ClFN4O4. The highest BCUT2D eigenvalue weighted by Crippen LogP contribution is 2.38. The lowest BCUT2D eigenvalue weighted by molar-refractivity contribution is -0.139. The maximum Gasteiger partial charge on any atom is 0.331 e. The number of hydrogen-bond acceptors (Lipinski definition) is 5. The zero-order valence-corrected chi connectivity index (χ0v) is 16.3. The van der Waals surface area contributed by atoms with Gasteiger partial charge in [-0.2, -0.15) is 5.26 Å². The third-order valence-electron chi connectivity index (χ3n) is 4.79. The molecule has 1 atom stereocenters. The Bertz CT molecular complexity index is 1380. The van der Waals surface area contributed by atoms with Gasteiger partial charge in [0.2, 0.25) is 5.88 Å². The lowest BCUT2D eigenvalue weighted by Crippen LogP contribution is -2.28. The van der Waals surface area contributed by atoms with Gasteiger partial charge in [-0.1, -0.05) is 29.8 Å². The maximum atomic E-state index is 14.1. The Balaban J connectivity index is 1.80. The normalized spacial score (nSPS) is 14.4. The summed E-state index contributed by atoms with van der Waals surface area (Å²) in [7, 11) is 0. The molecule has 0 saturated carbocycles. The molecule has 0 aliphatic carbocycles. The van der Waals surface area contributed by atoms with Crippen LogP contribution in [0.5, 0.6) is 5.88 Å². The van der Waals surface area contributed by atoms with E-state index in [4.69, 9.17) is 16.9 Å². The SMILES string of the molecule is N#Cc1ccc(C(C(=O)O)n2c(O)c(C=C3C=Nc4c3ccc(Cl)c4F)[nH]c2=O)cc1. The van der Waals surface area contributed by atoms with E-state index in [-0.39, 0.29) is 22.0 Å². The number of carboxylic acids is 1. The summed E-state index contributed by atoms with van der Waals surface area (Å²) in [6.07, 6.45) is 2.70. The number of aromatic hydroxyl groups is 1. The molecule has 154 valence electrons. The van der Waals surface area contributed by atoms with Crippen molar-refractivity contribution in [3.63, 3.8) is 0 Å². The molecule has 3 N–H and O–H groups in total. The topological polar surface area (TPSA) is 131 Å². The van der Waals surface area contributed by atoms with Crippen LogP contribution in [0.3, 0.4) is 0 Å². The standard InChI is InChI=1S/C21H12ClFN4O4/c22-14-6-5-13-12(9-25-17(13)16(14)23)7-15-19(28)27(21(31)26-15)18(20(29)30)11-3-1-10(8-24)2-4-11/h1-7,9,18,28H,(H,26,31)(H,29,30). The number of halogens is 2. The monoisotopic (exact) mass is 438 g/mol. The fourth-order valence-corrected chi connectivity index (χ4v) is 3.47. The van der Waals surface area contributed by atoms with Crippen LogP contribution in [0.25, 0.3) is 11.6 Å². The van der Waals surface area contributed by atoms with Gasteiger partial charge in [0.15, 0.2) is 11.9 Å². The molecule has 0 spiro atoms. The Morgan fingerprint density at radius 1 is 1.29 bits per heavy atom. The molecule has 4 rings (SSSR count). The number of rotatable bonds is 4. The number of nitriles is 1. The molecule has 1 aliphatic heterocycles. The highest BCUT2D eigenvalue weighted by atomic mass is 35.5. The molecule has 8 nitrogen and oxygen atoms in total. The number of H-pyrrole nitrogens is 1. The van der Waals surface area contributed by atoms with Crippen LogP contribution in [0.1, 0.15) is 28.4 Å². The molecule has 0 bridgehead atoms. The van der Waals surface area contributed by atoms with Gasteiger partial charge >= 0.3 is 11.7 Å². The number of nitrogens with zero attached hydrogens (tertiary/aromatic N) is 3. The number of carboxylic acid groups (broad SMARTS) is 1. The predicted molar refractivity (Wildman–Crippen MR) is 111 cm³/mol. The maximum absolute atomic E-state index is 14.1. The van der Waals surface area contributed by atoms with E-state index in [1.807, 2.05) is 6.07 Å². The van der Waals surface area contributed by atoms with Gasteiger partial charge in [-0.3, -0.25) is 4.99 Å². The molecule has 0 radical (unpaired) electrons. The number of nitrogens with one attached hydrogen (secondary N) is 1. The van der Waals surface area contributed by atoms with Crippen molar-refractivity contribution in [1.29, 1.82) is 5.26 Å². The van der Waals surface area contributed by atoms with E-state index < -0.39 is 29.4 Å². The van der Waals surface area contributed by atoms with Crippen molar-refractivity contribution in [3.8, 4) is 11.9 Å². The molecule has 0 amide bonds. The summed E-state index contributed by atoms with van der Waals surface area (Å²) in [6, 6.07) is 8.89. The average molecular weight is 439 g/mol. The van der Waals surface area contributed by atoms with Gasteiger partial charge in [0.25, 0.3) is 0 Å². The highest BCUT2D eigenvalue weighted by Gasteiger charge is 2.29. The third kappa shape index (κ3) is 3.39. The molecular weight excluding hydrogens is 427 g/mol. The lowest BCUT2D eigenvalue weighted by Gasteiger charge is -2.14. The molecule has 10 heteroatoms. The van der Waals surface area contributed by atoms with E-state index in [2.05, 4.69) is 9.98 Å². The number of benzene rings is 2. The number of hydrogen-bond donors (Lipinski definition) is 3. The van der Waals surface area contributed by atoms with Gasteiger partial charge in [-0.25, -0.2) is 18.5 Å². The number of fused-ring (bicyclic) bond motifs is 1. The second-order valence-electron chi connectivity index (χ2n) is 6.63. The van der Waals surface area contributed by atoms with Gasteiger partial charge < -0.3 is 15.2 Å². The zero-order valence-electron chi connectivity index (χ0n) is 15.5. The number of aliphatic carboxylic acids is 1. The molecule has 1 unspecified atom stereocenters. The summed E-state index contributed by atoms with van der Waals surface area (Å²) in [5, 5.41) is 29.1. The van der Waals surface area contributed by atoms with Crippen molar-refractivity contribution in [2.75, 3.05) is 0 Å². The smallest absolute Gasteiger partial charge is 0.331 e. The van der Waals surface area contributed by atoms with E-state index in [0.717, 1.165) is 0 Å². The summed E-state index contributed by atoms with van der Waals surface area (Å²) >= 11 is 5.76. The molecule has 3 aromatic rings. The van der Waals surface area contributed by atoms with Crippen LogP contribution < -0.4 is 5.69 Å². The van der Waals surface area contributed by atoms with E-state index in [0.29, 0.717) is 21.3 Å². The molecule has 1 aromatic heterocycles. The first-order valence-corrected chi connectivity index (χ1v) is 9.20. The summed E-state index contributed by atoms with van der Waals surface area (Å²) in [5.74, 6) is -2.70. The molecule has 1 aliphatic rings. The summed E-state index contributed by atoms with van der Waals surface area (Å²) < 4.78 is 14.8. The van der Waals surface area contributed by atoms with Crippen molar-refractivity contribution >= 4 is 41.1 Å². The Kier molecular flexibility index (Phi) is 4.93. The van der Waals surface area contributed by atoms with Crippen LogP contribution in [-0.2, 0) is 4.79 Å². The van der Waals surface area contributed by atoms with Crippen molar-refractivity contribution in [3.05, 3.63) is 80.1 Å². The molecule has 0 fully saturated rings. The van der Waals surface area contributed by atoms with Crippen molar-refractivity contribution in [2.24, 2.45) is 4.99 Å². The van der Waals surface area contributed by atoms with E-state index in [9.17, 15) is 24.2 Å². The number of carbonyl (C=O) groups is 1. The predicted octanol–water partition coefficient (Wildman–Crippen LogP) is 3.48. The van der Waals surface area contributed by atoms with Gasteiger partial charge in [0.1, 0.15) is 11.4 Å². The van der Waals surface area contributed by atoms with Crippen LogP contribution in [0.15, 0.2) is 46.2 Å². The number of aromatic amines is 1. The first-order valence-electron chi connectivity index (χ1n) is 8.82. The quantitative estimate of drug-likeness (QED) is 0.573. The fraction of sp³-hybridized carbons (Fsp3) is 0.0476. The largest absolute Gasteiger partial charge is 0.493 e. The minimum atomic E-state index is -1.54. The molecule has 31 heavy (non-hydrogen) atoms. The molecule has 0 saturated heterocycles. The first kappa shape index (κ1) is 20.1. The van der Waals surface area contributed by atoms with E-state index in [1.165, 1.54) is 42.6 Å². The number of allylic oxidation sites excluding steroid dienone is 1. The van der Waals surface area contributed by atoms with Gasteiger partial charge in [-0.15, -0.1) is 0 Å². The number of imidazole rings is 1. The van der Waals surface area contributed by atoms with E-state index in [1.54, 1.807) is 6.07 Å². The van der Waals surface area contributed by atoms with Gasteiger partial charge in [-0.05, 0) is 29.8 Å². The number of aromatic nitrogens is 2. The third-order valence-corrected chi connectivity index (χ3v) is 5.08. The number of aliphatic imine (C=N–C) groups is 1. The minimum absolute atomic E-state index is 0.0287. The van der Waals surface area contributed by atoms with Crippen LogP contribution >= 0.6 is 11.6 Å². The Morgan fingerprint density at radius 3 is 2.65 bits per heavy atom.